The molecule has 2 amide bonds. The Balaban J connectivity index is 2.67. The molecule has 0 unspecified atom stereocenters. The molecule has 1 rings (SSSR count). The zero-order valence-corrected chi connectivity index (χ0v) is 12.8. The van der Waals surface area contributed by atoms with Gasteiger partial charge in [0.15, 0.2) is 0 Å². The fraction of sp³-hybridized carbons (Fsp3) is 0.429. The molecule has 5 nitrogen and oxygen atoms in total. The quantitative estimate of drug-likeness (QED) is 0.797. The van der Waals surface area contributed by atoms with Gasteiger partial charge in [-0.2, -0.15) is 0 Å². The maximum absolute atomic E-state index is 12.0. The number of hydrogen-bond donors (Lipinski definition) is 2. The highest BCUT2D eigenvalue weighted by molar-refractivity contribution is 7.14. The summed E-state index contributed by atoms with van der Waals surface area (Å²) in [4.78, 5) is 26.5. The molecule has 0 aromatic carbocycles. The van der Waals surface area contributed by atoms with Crippen molar-refractivity contribution in [2.24, 2.45) is 5.73 Å². The summed E-state index contributed by atoms with van der Waals surface area (Å²) in [5, 5.41) is 2.62. The van der Waals surface area contributed by atoms with Crippen molar-refractivity contribution in [2.45, 2.75) is 13.8 Å². The van der Waals surface area contributed by atoms with Gasteiger partial charge in [-0.25, -0.2) is 0 Å². The van der Waals surface area contributed by atoms with Crippen LogP contribution in [-0.2, 0) is 4.79 Å². The molecule has 0 aliphatic carbocycles. The number of hydrogen-bond acceptors (Lipinski definition) is 4. The molecule has 0 saturated carbocycles. The minimum atomic E-state index is -0.253. The fourth-order valence-corrected chi connectivity index (χ4v) is 2.37. The molecule has 0 spiro atoms. The molecular weight excluding hydrogens is 274 g/mol. The fourth-order valence-electron chi connectivity index (χ4n) is 1.40. The maximum atomic E-state index is 12.0. The van der Waals surface area contributed by atoms with E-state index in [1.807, 2.05) is 13.8 Å². The molecule has 6 heteroatoms. The van der Waals surface area contributed by atoms with E-state index in [0.717, 1.165) is 10.4 Å². The lowest BCUT2D eigenvalue weighted by molar-refractivity contribution is -0.128. The molecular formula is C14H19N3O2S. The van der Waals surface area contributed by atoms with Crippen LogP contribution in [0.2, 0.25) is 0 Å². The summed E-state index contributed by atoms with van der Waals surface area (Å²) in [5.74, 6) is 5.33. The van der Waals surface area contributed by atoms with Gasteiger partial charge in [0.2, 0.25) is 5.91 Å². The number of nitrogens with one attached hydrogen (secondary N) is 1. The highest BCUT2D eigenvalue weighted by atomic mass is 32.1. The number of rotatable bonds is 4. The Morgan fingerprint density at radius 2 is 2.20 bits per heavy atom. The van der Waals surface area contributed by atoms with Gasteiger partial charge in [0.25, 0.3) is 5.91 Å². The second kappa shape index (κ2) is 7.68. The van der Waals surface area contributed by atoms with E-state index < -0.39 is 0 Å². The van der Waals surface area contributed by atoms with Crippen LogP contribution in [0.3, 0.4) is 0 Å². The number of carbonyl (C=O) groups excluding carboxylic acids is 2. The van der Waals surface area contributed by atoms with Gasteiger partial charge in [0, 0.05) is 13.6 Å². The second-order valence-electron chi connectivity index (χ2n) is 4.22. The normalized spacial score (nSPS) is 9.60. The van der Waals surface area contributed by atoms with Crippen molar-refractivity contribution >= 4 is 23.2 Å². The van der Waals surface area contributed by atoms with E-state index in [0.29, 0.717) is 11.4 Å². The topological polar surface area (TPSA) is 75.4 Å². The number of likely N-dealkylation sites (N-methyl/N-ethyl adjacent to an activating group) is 1. The summed E-state index contributed by atoms with van der Waals surface area (Å²) in [5.41, 5.74) is 6.27. The molecule has 108 valence electrons. The van der Waals surface area contributed by atoms with Crippen LogP contribution in [0.4, 0.5) is 0 Å². The Hall–Kier alpha value is -1.84. The van der Waals surface area contributed by atoms with Crippen LogP contribution in [0.25, 0.3) is 0 Å². The third-order valence-corrected chi connectivity index (χ3v) is 3.90. The molecule has 0 saturated heterocycles. The van der Waals surface area contributed by atoms with E-state index in [-0.39, 0.29) is 24.9 Å². The van der Waals surface area contributed by atoms with Crippen molar-refractivity contribution in [2.75, 3.05) is 26.7 Å². The summed E-state index contributed by atoms with van der Waals surface area (Å²) in [6.07, 6.45) is 0. The summed E-state index contributed by atoms with van der Waals surface area (Å²) in [7, 11) is 1.70. The van der Waals surface area contributed by atoms with Gasteiger partial charge in [0.1, 0.15) is 0 Å². The van der Waals surface area contributed by atoms with Crippen molar-refractivity contribution in [3.63, 3.8) is 0 Å². The zero-order chi connectivity index (χ0) is 15.1. The van der Waals surface area contributed by atoms with Crippen LogP contribution in [0.15, 0.2) is 6.07 Å². The van der Waals surface area contributed by atoms with E-state index >= 15 is 0 Å². The van der Waals surface area contributed by atoms with Gasteiger partial charge in [0.05, 0.1) is 22.8 Å². The van der Waals surface area contributed by atoms with Gasteiger partial charge >= 0.3 is 0 Å². The van der Waals surface area contributed by atoms with Gasteiger partial charge in [-0.15, -0.1) is 11.3 Å². The average Bonchev–Trinajstić information content (AvgIpc) is 2.82. The number of carbonyl (C=O) groups is 2. The van der Waals surface area contributed by atoms with E-state index in [1.165, 1.54) is 11.3 Å². The zero-order valence-electron chi connectivity index (χ0n) is 11.9. The predicted octanol–water partition coefficient (Wildman–Crippen LogP) is 0.575. The van der Waals surface area contributed by atoms with Crippen LogP contribution >= 0.6 is 11.3 Å². The highest BCUT2D eigenvalue weighted by Gasteiger charge is 2.13. The van der Waals surface area contributed by atoms with E-state index in [1.54, 1.807) is 18.0 Å². The lowest BCUT2D eigenvalue weighted by Crippen LogP contribution is -2.37. The first-order chi connectivity index (χ1) is 9.49. The first-order valence-electron chi connectivity index (χ1n) is 6.31. The molecule has 0 atom stereocenters. The average molecular weight is 293 g/mol. The highest BCUT2D eigenvalue weighted by Crippen LogP contribution is 2.20. The van der Waals surface area contributed by atoms with Crippen molar-refractivity contribution in [3.8, 4) is 11.8 Å². The second-order valence-corrected chi connectivity index (χ2v) is 5.27. The summed E-state index contributed by atoms with van der Waals surface area (Å²) < 4.78 is 0. The number of nitrogens with two attached hydrogens (primary N) is 1. The third-order valence-electron chi connectivity index (χ3n) is 2.75. The Morgan fingerprint density at radius 1 is 1.50 bits per heavy atom. The molecule has 0 fully saturated rings. The van der Waals surface area contributed by atoms with E-state index in [9.17, 15) is 9.59 Å². The first-order valence-corrected chi connectivity index (χ1v) is 7.12. The number of thiophene rings is 1. The largest absolute Gasteiger partial charge is 0.345 e. The Bertz CT molecular complexity index is 555. The van der Waals surface area contributed by atoms with E-state index in [2.05, 4.69) is 17.2 Å². The van der Waals surface area contributed by atoms with E-state index in [4.69, 9.17) is 5.73 Å². The number of aryl methyl sites for hydroxylation is 1. The first kappa shape index (κ1) is 16.2. The standard InChI is InChI=1S/C14H19N3O2S/c1-4-17(3)13(18)9-16-14(19)12-8-10(2)11(20-12)6-5-7-15/h8H,4,7,9,15H2,1-3H3,(H,16,19). The minimum absolute atomic E-state index is 0.00390. The Kier molecular flexibility index (Phi) is 6.22. The van der Waals surface area contributed by atoms with Gasteiger partial charge in [-0.05, 0) is 25.5 Å². The maximum Gasteiger partial charge on any atom is 0.261 e. The number of amides is 2. The molecule has 20 heavy (non-hydrogen) atoms. The summed E-state index contributed by atoms with van der Waals surface area (Å²) in [6, 6.07) is 1.77. The van der Waals surface area contributed by atoms with Crippen molar-refractivity contribution in [1.82, 2.24) is 10.2 Å². The van der Waals surface area contributed by atoms with Crippen LogP contribution in [0.1, 0.15) is 27.0 Å². The minimum Gasteiger partial charge on any atom is -0.345 e. The lowest BCUT2D eigenvalue weighted by atomic mass is 10.2. The Labute approximate surface area is 123 Å². The van der Waals surface area contributed by atoms with Gasteiger partial charge in [-0.3, -0.25) is 9.59 Å². The monoisotopic (exact) mass is 293 g/mol. The molecule has 0 bridgehead atoms. The molecule has 1 heterocycles. The van der Waals surface area contributed by atoms with Crippen LogP contribution in [-0.4, -0.2) is 43.4 Å². The summed E-state index contributed by atoms with van der Waals surface area (Å²) in [6.45, 7) is 4.68. The SMILES string of the molecule is CCN(C)C(=O)CNC(=O)c1cc(C)c(C#CCN)s1. The van der Waals surface area contributed by atoms with Crippen molar-refractivity contribution in [3.05, 3.63) is 21.4 Å². The van der Waals surface area contributed by atoms with Crippen LogP contribution < -0.4 is 11.1 Å². The summed E-state index contributed by atoms with van der Waals surface area (Å²) >= 11 is 1.31. The van der Waals surface area contributed by atoms with Crippen LogP contribution in [0, 0.1) is 18.8 Å². The lowest BCUT2D eigenvalue weighted by Gasteiger charge is -2.14. The molecule has 0 aliphatic heterocycles. The third kappa shape index (κ3) is 4.37. The smallest absolute Gasteiger partial charge is 0.261 e. The Morgan fingerprint density at radius 3 is 2.80 bits per heavy atom. The molecule has 1 aromatic rings. The molecule has 0 aliphatic rings. The van der Waals surface area contributed by atoms with Crippen LogP contribution in [0.5, 0.6) is 0 Å². The number of nitrogens with zero attached hydrogens (tertiary/aromatic N) is 1. The molecule has 0 radical (unpaired) electrons. The molecule has 1 aromatic heterocycles. The van der Waals surface area contributed by atoms with Crippen molar-refractivity contribution < 1.29 is 9.59 Å². The molecule has 3 N–H and O–H groups in total. The van der Waals surface area contributed by atoms with Gasteiger partial charge < -0.3 is 16.0 Å². The van der Waals surface area contributed by atoms with Crippen molar-refractivity contribution in [1.29, 1.82) is 0 Å². The van der Waals surface area contributed by atoms with Gasteiger partial charge in [-0.1, -0.05) is 11.8 Å². The predicted molar refractivity (Wildman–Crippen MR) is 80.6 cm³/mol.